The summed E-state index contributed by atoms with van der Waals surface area (Å²) in [4.78, 5) is 11.4. The van der Waals surface area contributed by atoms with Crippen molar-refractivity contribution in [3.63, 3.8) is 0 Å². The van der Waals surface area contributed by atoms with E-state index in [1.807, 2.05) is 0 Å². The van der Waals surface area contributed by atoms with Crippen molar-refractivity contribution < 1.29 is 19.0 Å². The van der Waals surface area contributed by atoms with Crippen molar-refractivity contribution in [1.82, 2.24) is 0 Å². The van der Waals surface area contributed by atoms with Crippen LogP contribution < -0.4 is 9.47 Å². The number of alkyl halides is 1. The smallest absolute Gasteiger partial charge is 0.328 e. The third-order valence-electron chi connectivity index (χ3n) is 2.53. The zero-order valence-corrected chi connectivity index (χ0v) is 11.3. The van der Waals surface area contributed by atoms with Gasteiger partial charge in [0.05, 0.1) is 25.3 Å². The minimum atomic E-state index is -0.912. The number of halogens is 2. The fraction of sp³-hybridized carbons (Fsp3) is 0.417. The Hall–Kier alpha value is -1.13. The van der Waals surface area contributed by atoms with E-state index >= 15 is 0 Å². The van der Waals surface area contributed by atoms with E-state index < -0.39 is 11.3 Å². The Kier molecular flexibility index (Phi) is 4.19. The Bertz CT molecular complexity index is 462. The summed E-state index contributed by atoms with van der Waals surface area (Å²) in [7, 11) is 1.28. The predicted octanol–water partition coefficient (Wildman–Crippen LogP) is 2.95. The lowest BCUT2D eigenvalue weighted by atomic mass is 10.1. The molecule has 1 aromatic carbocycles. The van der Waals surface area contributed by atoms with Gasteiger partial charge < -0.3 is 14.2 Å². The zero-order chi connectivity index (χ0) is 13.1. The van der Waals surface area contributed by atoms with E-state index in [9.17, 15) is 4.79 Å². The molecule has 1 aliphatic rings. The summed E-state index contributed by atoms with van der Waals surface area (Å²) in [5, 5.41) is -0.538. The van der Waals surface area contributed by atoms with Crippen molar-refractivity contribution in [2.45, 2.75) is 11.8 Å². The molecule has 0 aliphatic carbocycles. The van der Waals surface area contributed by atoms with Gasteiger partial charge >= 0.3 is 5.97 Å². The molecule has 0 radical (unpaired) electrons. The first-order valence-electron chi connectivity index (χ1n) is 5.44. The van der Waals surface area contributed by atoms with Crippen LogP contribution in [0.2, 0.25) is 5.02 Å². The SMILES string of the molecule is COC(=O)C(Cl)c1cc(Cl)c2c(c1)OCCCO2. The Labute approximate surface area is 115 Å². The van der Waals surface area contributed by atoms with Gasteiger partial charge in [0.25, 0.3) is 0 Å². The van der Waals surface area contributed by atoms with Crippen molar-refractivity contribution in [3.05, 3.63) is 22.7 Å². The fourth-order valence-corrected chi connectivity index (χ4v) is 2.13. The second-order valence-electron chi connectivity index (χ2n) is 3.77. The average molecular weight is 291 g/mol. The predicted molar refractivity (Wildman–Crippen MR) is 67.7 cm³/mol. The molecule has 0 amide bonds. The normalized spacial score (nSPS) is 15.7. The van der Waals surface area contributed by atoms with Gasteiger partial charge in [-0.2, -0.15) is 0 Å². The van der Waals surface area contributed by atoms with Crippen LogP contribution in [0.25, 0.3) is 0 Å². The molecule has 6 heteroatoms. The number of methoxy groups -OCH3 is 1. The quantitative estimate of drug-likeness (QED) is 0.620. The standard InChI is InChI=1S/C12H12Cl2O4/c1-16-12(15)10(14)7-5-8(13)11-9(6-7)17-3-2-4-18-11/h5-6,10H,2-4H2,1H3. The van der Waals surface area contributed by atoms with E-state index in [1.165, 1.54) is 7.11 Å². The summed E-state index contributed by atoms with van der Waals surface area (Å²) >= 11 is 12.1. The highest BCUT2D eigenvalue weighted by molar-refractivity contribution is 6.33. The van der Waals surface area contributed by atoms with Crippen LogP contribution >= 0.6 is 23.2 Å². The first-order chi connectivity index (χ1) is 8.63. The molecule has 18 heavy (non-hydrogen) atoms. The first-order valence-corrected chi connectivity index (χ1v) is 6.26. The maximum atomic E-state index is 11.4. The molecule has 0 N–H and O–H groups in total. The molecule has 2 rings (SSSR count). The van der Waals surface area contributed by atoms with Crippen LogP contribution in [-0.2, 0) is 9.53 Å². The molecule has 0 fully saturated rings. The molecule has 0 bridgehead atoms. The molecule has 4 nitrogen and oxygen atoms in total. The molecule has 1 heterocycles. The lowest BCUT2D eigenvalue weighted by Crippen LogP contribution is -2.09. The van der Waals surface area contributed by atoms with Gasteiger partial charge in [0, 0.05) is 6.42 Å². The van der Waals surface area contributed by atoms with E-state index in [-0.39, 0.29) is 0 Å². The number of hydrogen-bond acceptors (Lipinski definition) is 4. The minimum absolute atomic E-state index is 0.374. The van der Waals surface area contributed by atoms with Crippen LogP contribution in [0.4, 0.5) is 0 Å². The third kappa shape index (κ3) is 2.65. The minimum Gasteiger partial charge on any atom is -0.489 e. The number of esters is 1. The Balaban J connectivity index is 2.37. The number of benzene rings is 1. The van der Waals surface area contributed by atoms with E-state index in [0.29, 0.717) is 35.3 Å². The molecule has 0 aromatic heterocycles. The van der Waals surface area contributed by atoms with Gasteiger partial charge in [-0.3, -0.25) is 4.79 Å². The van der Waals surface area contributed by atoms with Crippen molar-refractivity contribution in [3.8, 4) is 11.5 Å². The van der Waals surface area contributed by atoms with Crippen LogP contribution in [0.1, 0.15) is 17.4 Å². The summed E-state index contributed by atoms with van der Waals surface area (Å²) in [5.41, 5.74) is 0.526. The van der Waals surface area contributed by atoms with Crippen LogP contribution in [0.3, 0.4) is 0 Å². The first kappa shape index (κ1) is 13.3. The highest BCUT2D eigenvalue weighted by Crippen LogP contribution is 2.40. The molecule has 0 spiro atoms. The van der Waals surface area contributed by atoms with Crippen molar-refractivity contribution in [2.24, 2.45) is 0 Å². The second kappa shape index (κ2) is 5.67. The molecule has 1 aliphatic heterocycles. The van der Waals surface area contributed by atoms with Gasteiger partial charge in [-0.25, -0.2) is 0 Å². The van der Waals surface area contributed by atoms with E-state index in [4.69, 9.17) is 32.7 Å². The van der Waals surface area contributed by atoms with Crippen molar-refractivity contribution in [1.29, 1.82) is 0 Å². The van der Waals surface area contributed by atoms with E-state index in [2.05, 4.69) is 4.74 Å². The fourth-order valence-electron chi connectivity index (χ4n) is 1.64. The maximum Gasteiger partial charge on any atom is 0.328 e. The molecule has 1 unspecified atom stereocenters. The molecule has 0 saturated heterocycles. The van der Waals surface area contributed by atoms with E-state index in [1.54, 1.807) is 12.1 Å². The molecular formula is C12H12Cl2O4. The highest BCUT2D eigenvalue weighted by atomic mass is 35.5. The number of hydrogen-bond donors (Lipinski definition) is 0. The largest absolute Gasteiger partial charge is 0.489 e. The summed E-state index contributed by atoms with van der Waals surface area (Å²) in [5.74, 6) is 0.457. The average Bonchev–Trinajstić information content (AvgIpc) is 2.62. The summed E-state index contributed by atoms with van der Waals surface area (Å²) in [6, 6.07) is 3.24. The van der Waals surface area contributed by atoms with Crippen LogP contribution in [0.5, 0.6) is 11.5 Å². The van der Waals surface area contributed by atoms with E-state index in [0.717, 1.165) is 6.42 Å². The summed E-state index contributed by atoms with van der Waals surface area (Å²) in [6.07, 6.45) is 0.779. The number of carbonyl (C=O) groups is 1. The molecular weight excluding hydrogens is 279 g/mol. The van der Waals surface area contributed by atoms with Gasteiger partial charge in [0.2, 0.25) is 0 Å². The summed E-state index contributed by atoms with van der Waals surface area (Å²) < 4.78 is 15.6. The third-order valence-corrected chi connectivity index (χ3v) is 3.24. The molecule has 98 valence electrons. The molecule has 0 saturated carbocycles. The van der Waals surface area contributed by atoms with Crippen LogP contribution in [0, 0.1) is 0 Å². The lowest BCUT2D eigenvalue weighted by Gasteiger charge is -2.13. The Morgan fingerprint density at radius 3 is 2.83 bits per heavy atom. The Morgan fingerprint density at radius 1 is 1.39 bits per heavy atom. The monoisotopic (exact) mass is 290 g/mol. The van der Waals surface area contributed by atoms with Gasteiger partial charge in [0.15, 0.2) is 16.9 Å². The van der Waals surface area contributed by atoms with Crippen molar-refractivity contribution >= 4 is 29.2 Å². The highest BCUT2D eigenvalue weighted by Gasteiger charge is 2.23. The number of rotatable bonds is 2. The maximum absolute atomic E-state index is 11.4. The van der Waals surface area contributed by atoms with Gasteiger partial charge in [-0.15, -0.1) is 11.6 Å². The Morgan fingerprint density at radius 2 is 2.11 bits per heavy atom. The molecule has 1 aromatic rings. The van der Waals surface area contributed by atoms with Gasteiger partial charge in [-0.1, -0.05) is 11.6 Å². The zero-order valence-electron chi connectivity index (χ0n) is 9.74. The second-order valence-corrected chi connectivity index (χ2v) is 4.61. The molecule has 1 atom stereocenters. The van der Waals surface area contributed by atoms with Crippen molar-refractivity contribution in [2.75, 3.05) is 20.3 Å². The summed E-state index contributed by atoms with van der Waals surface area (Å²) in [6.45, 7) is 1.09. The van der Waals surface area contributed by atoms with Crippen LogP contribution in [-0.4, -0.2) is 26.3 Å². The van der Waals surface area contributed by atoms with Gasteiger partial charge in [-0.05, 0) is 17.7 Å². The number of carbonyl (C=O) groups excluding carboxylic acids is 1. The van der Waals surface area contributed by atoms with Gasteiger partial charge in [0.1, 0.15) is 0 Å². The number of ether oxygens (including phenoxy) is 3. The number of fused-ring (bicyclic) bond motifs is 1. The van der Waals surface area contributed by atoms with Crippen LogP contribution in [0.15, 0.2) is 12.1 Å². The topological polar surface area (TPSA) is 44.8 Å². The lowest BCUT2D eigenvalue weighted by molar-refractivity contribution is -0.140.